The van der Waals surface area contributed by atoms with Crippen LogP contribution in [0, 0.1) is 5.92 Å². The smallest absolute Gasteiger partial charge is 0.265 e. The van der Waals surface area contributed by atoms with Crippen molar-refractivity contribution >= 4 is 36.3 Å². The Morgan fingerprint density at radius 1 is 1.02 bits per heavy atom. The van der Waals surface area contributed by atoms with Crippen molar-refractivity contribution in [1.29, 1.82) is 0 Å². The standard InChI is InChI=1S/C40H48N2O6Si/c1-24-21-39(3,4)42-36-32(24)18-30(47-6)19-33(36)40(38(42)45)25(2)37(49(7,8)31-15-13-29(46-5)14-16-31)34(48-40)20-35(44)41-22-27-12-10-9-11-26(27)17-28(41)23-43/h9-16,18-19,21,25,28,34,37,43H,17,20,22-23H2,1-8H3/t25-,28+,34+,37-,40+/m1/s1. The Morgan fingerprint density at radius 3 is 2.35 bits per heavy atom. The summed E-state index contributed by atoms with van der Waals surface area (Å²) in [6, 6.07) is 20.1. The molecule has 1 N–H and O–H groups in total. The quantitative estimate of drug-likeness (QED) is 0.318. The Balaban J connectivity index is 1.35. The van der Waals surface area contributed by atoms with E-state index in [1.807, 2.05) is 46.2 Å². The summed E-state index contributed by atoms with van der Waals surface area (Å²) in [5.74, 6) is 1.05. The lowest BCUT2D eigenvalue weighted by molar-refractivity contribution is -0.151. The van der Waals surface area contributed by atoms with Crippen molar-refractivity contribution in [2.75, 3.05) is 25.7 Å². The van der Waals surface area contributed by atoms with Gasteiger partial charge in [0.05, 0.1) is 58.7 Å². The maximum Gasteiger partial charge on any atom is 0.265 e. The number of methoxy groups -OCH3 is 2. The van der Waals surface area contributed by atoms with Crippen LogP contribution < -0.4 is 19.6 Å². The van der Waals surface area contributed by atoms with Crippen LogP contribution in [0.4, 0.5) is 5.69 Å². The molecule has 5 atom stereocenters. The Hall–Kier alpha value is -3.92. The number of benzene rings is 3. The average Bonchev–Trinajstić information content (AvgIpc) is 3.53. The minimum absolute atomic E-state index is 0.0663. The molecule has 2 amide bonds. The minimum atomic E-state index is -2.47. The fraction of sp³-hybridized carbons (Fsp3) is 0.450. The van der Waals surface area contributed by atoms with Gasteiger partial charge in [-0.1, -0.05) is 67.7 Å². The molecular weight excluding hydrogens is 633 g/mol. The molecule has 9 heteroatoms. The van der Waals surface area contributed by atoms with Crippen molar-refractivity contribution in [2.24, 2.45) is 5.92 Å². The second-order valence-electron chi connectivity index (χ2n) is 15.4. The number of anilines is 1. The van der Waals surface area contributed by atoms with Gasteiger partial charge in [-0.2, -0.15) is 0 Å². The molecule has 49 heavy (non-hydrogen) atoms. The molecule has 7 rings (SSSR count). The molecule has 0 aromatic heterocycles. The van der Waals surface area contributed by atoms with Gasteiger partial charge in [-0.3, -0.25) is 14.5 Å². The zero-order valence-corrected chi connectivity index (χ0v) is 30.9. The number of ether oxygens (including phenoxy) is 3. The maximum atomic E-state index is 15.2. The van der Waals surface area contributed by atoms with Gasteiger partial charge in [0.25, 0.3) is 5.91 Å². The Morgan fingerprint density at radius 2 is 1.69 bits per heavy atom. The fourth-order valence-corrected chi connectivity index (χ4v) is 13.5. The molecule has 0 aliphatic carbocycles. The van der Waals surface area contributed by atoms with Crippen molar-refractivity contribution < 1.29 is 28.9 Å². The van der Waals surface area contributed by atoms with Gasteiger partial charge in [-0.15, -0.1) is 0 Å². The van der Waals surface area contributed by atoms with Crippen LogP contribution in [0.1, 0.15) is 56.4 Å². The fourth-order valence-electron chi connectivity index (χ4n) is 9.51. The van der Waals surface area contributed by atoms with Crippen LogP contribution in [0.5, 0.6) is 11.5 Å². The van der Waals surface area contributed by atoms with Crippen LogP contribution in [0.3, 0.4) is 0 Å². The molecule has 4 heterocycles. The number of aliphatic hydroxyl groups is 1. The molecule has 1 spiro atoms. The van der Waals surface area contributed by atoms with Crippen LogP contribution in [0.15, 0.2) is 66.7 Å². The van der Waals surface area contributed by atoms with Gasteiger partial charge in [0.15, 0.2) is 5.60 Å². The third-order valence-electron chi connectivity index (χ3n) is 11.9. The van der Waals surface area contributed by atoms with Crippen molar-refractivity contribution in [2.45, 2.75) is 89.0 Å². The molecule has 258 valence electrons. The summed E-state index contributed by atoms with van der Waals surface area (Å²) < 4.78 is 18.6. The first-order valence-electron chi connectivity index (χ1n) is 17.3. The number of hydrogen-bond acceptors (Lipinski definition) is 6. The van der Waals surface area contributed by atoms with Crippen LogP contribution in [0.2, 0.25) is 18.6 Å². The minimum Gasteiger partial charge on any atom is -0.497 e. The molecule has 0 saturated carbocycles. The van der Waals surface area contributed by atoms with E-state index in [-0.39, 0.29) is 42.3 Å². The second-order valence-corrected chi connectivity index (χ2v) is 20.1. The van der Waals surface area contributed by atoms with Crippen molar-refractivity contribution in [3.05, 3.63) is 89.0 Å². The average molecular weight is 681 g/mol. The predicted molar refractivity (Wildman–Crippen MR) is 194 cm³/mol. The van der Waals surface area contributed by atoms with E-state index in [0.717, 1.165) is 39.3 Å². The maximum absolute atomic E-state index is 15.2. The summed E-state index contributed by atoms with van der Waals surface area (Å²) in [5.41, 5.74) is 4.04. The van der Waals surface area contributed by atoms with Gasteiger partial charge in [0.2, 0.25) is 5.91 Å². The van der Waals surface area contributed by atoms with E-state index in [2.05, 4.69) is 71.1 Å². The summed E-state index contributed by atoms with van der Waals surface area (Å²) in [6.45, 7) is 13.3. The molecule has 1 fully saturated rings. The topological polar surface area (TPSA) is 88.5 Å². The molecule has 4 aliphatic rings. The lowest BCUT2D eigenvalue weighted by Gasteiger charge is -2.40. The number of allylic oxidation sites excluding steroid dienone is 1. The summed E-state index contributed by atoms with van der Waals surface area (Å²) in [7, 11) is 0.846. The molecule has 8 nitrogen and oxygen atoms in total. The Labute approximate surface area is 290 Å². The summed E-state index contributed by atoms with van der Waals surface area (Å²) in [5, 5.41) is 11.6. The lowest BCUT2D eigenvalue weighted by Crippen LogP contribution is -2.54. The van der Waals surface area contributed by atoms with Crippen molar-refractivity contribution in [3.8, 4) is 11.5 Å². The van der Waals surface area contributed by atoms with Crippen LogP contribution >= 0.6 is 0 Å². The molecule has 1 saturated heterocycles. The van der Waals surface area contributed by atoms with Gasteiger partial charge in [-0.05, 0) is 73.7 Å². The third-order valence-corrected chi connectivity index (χ3v) is 16.2. The van der Waals surface area contributed by atoms with E-state index in [9.17, 15) is 9.90 Å². The second kappa shape index (κ2) is 11.9. The number of carbonyl (C=O) groups is 2. The van der Waals surface area contributed by atoms with E-state index in [1.54, 1.807) is 14.2 Å². The number of rotatable bonds is 7. The van der Waals surface area contributed by atoms with E-state index in [4.69, 9.17) is 14.2 Å². The Bertz CT molecular complexity index is 1850. The first-order valence-corrected chi connectivity index (χ1v) is 20.4. The van der Waals surface area contributed by atoms with E-state index < -0.39 is 25.3 Å². The van der Waals surface area contributed by atoms with Crippen LogP contribution in [-0.4, -0.2) is 68.4 Å². The van der Waals surface area contributed by atoms with Gasteiger partial charge in [0, 0.05) is 23.6 Å². The molecule has 0 radical (unpaired) electrons. The number of fused-ring (bicyclic) bond motifs is 2. The summed E-state index contributed by atoms with van der Waals surface area (Å²) in [4.78, 5) is 33.4. The van der Waals surface area contributed by atoms with Crippen LogP contribution in [-0.2, 0) is 32.9 Å². The Kier molecular flexibility index (Phi) is 8.12. The zero-order valence-electron chi connectivity index (χ0n) is 29.9. The van der Waals surface area contributed by atoms with Gasteiger partial charge in [-0.25, -0.2) is 0 Å². The number of hydrogen-bond donors (Lipinski definition) is 1. The highest BCUT2D eigenvalue weighted by Crippen LogP contribution is 2.63. The zero-order chi connectivity index (χ0) is 35.0. The molecule has 0 bridgehead atoms. The predicted octanol–water partition coefficient (Wildman–Crippen LogP) is 5.80. The van der Waals surface area contributed by atoms with Gasteiger partial charge < -0.3 is 24.2 Å². The molecule has 0 unspecified atom stereocenters. The normalized spacial score (nSPS) is 26.8. The largest absolute Gasteiger partial charge is 0.497 e. The molecule has 4 aliphatic heterocycles. The van der Waals surface area contributed by atoms with Crippen molar-refractivity contribution in [1.82, 2.24) is 4.90 Å². The van der Waals surface area contributed by atoms with E-state index in [1.165, 1.54) is 5.19 Å². The number of aliphatic hydroxyl groups excluding tert-OH is 1. The highest BCUT2D eigenvalue weighted by atomic mass is 28.3. The van der Waals surface area contributed by atoms with Crippen molar-refractivity contribution in [3.63, 3.8) is 0 Å². The number of amides is 2. The third kappa shape index (κ3) is 4.99. The number of nitrogens with zero attached hydrogens (tertiary/aromatic N) is 2. The van der Waals surface area contributed by atoms with Gasteiger partial charge in [0.1, 0.15) is 11.5 Å². The summed E-state index contributed by atoms with van der Waals surface area (Å²) >= 11 is 0. The monoisotopic (exact) mass is 680 g/mol. The van der Waals surface area contributed by atoms with Crippen LogP contribution in [0.25, 0.3) is 5.57 Å². The van der Waals surface area contributed by atoms with Gasteiger partial charge >= 0.3 is 0 Å². The highest BCUT2D eigenvalue weighted by Gasteiger charge is 2.68. The van der Waals surface area contributed by atoms with E-state index in [0.29, 0.717) is 18.7 Å². The SMILES string of the molecule is COc1ccc([Si](C)(C)[C@H]2[C@H](CC(=O)N3Cc4ccccc4C[C@H]3CO)O[C@@]3(C(=O)N4c5c(cc(OC)cc53)C(C)=CC4(C)C)[C@@H]2C)cc1. The highest BCUT2D eigenvalue weighted by molar-refractivity contribution is 6.91. The molecule has 3 aromatic carbocycles. The number of carbonyl (C=O) groups excluding carboxylic acids is 2. The lowest BCUT2D eigenvalue weighted by atomic mass is 9.81. The molecule has 3 aromatic rings. The summed E-state index contributed by atoms with van der Waals surface area (Å²) in [6.07, 6.45) is 2.33. The first-order chi connectivity index (χ1) is 23.3. The van der Waals surface area contributed by atoms with E-state index >= 15 is 4.79 Å². The molecular formula is C40H48N2O6Si. The first kappa shape index (κ1) is 33.6.